The summed E-state index contributed by atoms with van der Waals surface area (Å²) in [6.07, 6.45) is 3.54. The monoisotopic (exact) mass is 248 g/mol. The summed E-state index contributed by atoms with van der Waals surface area (Å²) in [6, 6.07) is 3.64. The van der Waals surface area contributed by atoms with Crippen LogP contribution in [0.1, 0.15) is 15.9 Å². The van der Waals surface area contributed by atoms with Crippen LogP contribution in [-0.4, -0.2) is 17.5 Å². The highest BCUT2D eigenvalue weighted by Crippen LogP contribution is 2.28. The van der Waals surface area contributed by atoms with Crippen LogP contribution >= 0.6 is 11.6 Å². The predicted molar refractivity (Wildman–Crippen MR) is 71.4 cm³/mol. The van der Waals surface area contributed by atoms with Crippen molar-refractivity contribution in [2.75, 3.05) is 7.05 Å². The van der Waals surface area contributed by atoms with Crippen molar-refractivity contribution in [3.63, 3.8) is 0 Å². The molecule has 17 heavy (non-hydrogen) atoms. The predicted octanol–water partition coefficient (Wildman–Crippen LogP) is 2.83. The van der Waals surface area contributed by atoms with E-state index in [0.717, 1.165) is 16.5 Å². The Labute approximate surface area is 105 Å². The second-order valence-corrected chi connectivity index (χ2v) is 4.26. The average Bonchev–Trinajstić information content (AvgIpc) is 2.64. The van der Waals surface area contributed by atoms with Gasteiger partial charge in [-0.15, -0.1) is 0 Å². The number of amides is 1. The fourth-order valence-corrected chi connectivity index (χ4v) is 2.24. The van der Waals surface area contributed by atoms with Crippen LogP contribution in [0.25, 0.3) is 17.0 Å². The Morgan fingerprint density at radius 2 is 2.24 bits per heavy atom. The maximum atomic E-state index is 11.8. The van der Waals surface area contributed by atoms with Gasteiger partial charge in [-0.1, -0.05) is 24.3 Å². The van der Waals surface area contributed by atoms with E-state index in [-0.39, 0.29) is 5.91 Å². The highest BCUT2D eigenvalue weighted by molar-refractivity contribution is 6.32. The third-order valence-electron chi connectivity index (χ3n) is 2.76. The lowest BCUT2D eigenvalue weighted by Gasteiger charge is -2.03. The molecule has 0 unspecified atom stereocenters. The van der Waals surface area contributed by atoms with Crippen molar-refractivity contribution >= 4 is 34.5 Å². The van der Waals surface area contributed by atoms with Gasteiger partial charge in [-0.05, 0) is 17.7 Å². The highest BCUT2D eigenvalue weighted by atomic mass is 35.5. The number of hydrogen-bond donors (Lipinski definition) is 1. The van der Waals surface area contributed by atoms with Crippen molar-refractivity contribution in [1.82, 2.24) is 9.88 Å². The maximum Gasteiger partial charge on any atom is 0.253 e. The van der Waals surface area contributed by atoms with Gasteiger partial charge < -0.3 is 9.88 Å². The summed E-state index contributed by atoms with van der Waals surface area (Å²) in [6.45, 7) is 3.77. The third kappa shape index (κ3) is 1.83. The molecule has 0 aliphatic carbocycles. The second-order valence-electron chi connectivity index (χ2n) is 3.83. The number of carbonyl (C=O) groups excluding carboxylic acids is 1. The molecular weight excluding hydrogens is 236 g/mol. The second kappa shape index (κ2) is 4.26. The Morgan fingerprint density at radius 3 is 2.82 bits per heavy atom. The maximum absolute atomic E-state index is 11.8. The number of nitrogens with one attached hydrogen (secondary N) is 1. The number of aryl methyl sites for hydroxylation is 1. The van der Waals surface area contributed by atoms with Crippen molar-refractivity contribution in [3.05, 3.63) is 41.1 Å². The lowest BCUT2D eigenvalue weighted by molar-refractivity contribution is 0.0964. The number of aromatic nitrogens is 1. The van der Waals surface area contributed by atoms with E-state index >= 15 is 0 Å². The molecule has 0 saturated carbocycles. The van der Waals surface area contributed by atoms with Crippen LogP contribution in [0.5, 0.6) is 0 Å². The molecule has 1 amide bonds. The molecule has 0 aliphatic rings. The largest absolute Gasteiger partial charge is 0.355 e. The van der Waals surface area contributed by atoms with Gasteiger partial charge in [-0.25, -0.2) is 0 Å². The van der Waals surface area contributed by atoms with Gasteiger partial charge >= 0.3 is 0 Å². The number of hydrogen-bond acceptors (Lipinski definition) is 1. The van der Waals surface area contributed by atoms with Crippen LogP contribution < -0.4 is 5.32 Å². The van der Waals surface area contributed by atoms with Gasteiger partial charge in [0.05, 0.1) is 11.1 Å². The SMILES string of the molecule is C=Cc1cc(Cl)cc2c(C(=O)NC)cn(C)c12. The number of fused-ring (bicyclic) bond motifs is 1. The van der Waals surface area contributed by atoms with Gasteiger partial charge in [0.1, 0.15) is 0 Å². The number of nitrogens with zero attached hydrogens (tertiary/aromatic N) is 1. The van der Waals surface area contributed by atoms with Gasteiger partial charge in [0, 0.05) is 30.7 Å². The summed E-state index contributed by atoms with van der Waals surface area (Å²) >= 11 is 6.04. The molecule has 0 atom stereocenters. The van der Waals surface area contributed by atoms with E-state index in [1.807, 2.05) is 17.7 Å². The fourth-order valence-electron chi connectivity index (χ4n) is 2.02. The Balaban J connectivity index is 2.86. The molecular formula is C13H13ClN2O. The molecule has 0 bridgehead atoms. The molecule has 0 spiro atoms. The minimum atomic E-state index is -0.118. The number of benzene rings is 1. The quantitative estimate of drug-likeness (QED) is 0.871. The molecule has 0 aliphatic heterocycles. The molecule has 1 aromatic heterocycles. The number of carbonyl (C=O) groups is 1. The van der Waals surface area contributed by atoms with E-state index in [0.29, 0.717) is 10.6 Å². The van der Waals surface area contributed by atoms with Crippen LogP contribution in [0.15, 0.2) is 24.9 Å². The fraction of sp³-hybridized carbons (Fsp3) is 0.154. The zero-order valence-electron chi connectivity index (χ0n) is 9.75. The third-order valence-corrected chi connectivity index (χ3v) is 2.98. The molecule has 0 saturated heterocycles. The average molecular weight is 249 g/mol. The lowest BCUT2D eigenvalue weighted by Crippen LogP contribution is -2.17. The van der Waals surface area contributed by atoms with E-state index in [2.05, 4.69) is 11.9 Å². The van der Waals surface area contributed by atoms with Crippen LogP contribution in [0.4, 0.5) is 0 Å². The Hall–Kier alpha value is -1.74. The molecule has 0 fully saturated rings. The Morgan fingerprint density at radius 1 is 1.53 bits per heavy atom. The first-order chi connectivity index (χ1) is 8.08. The molecule has 88 valence electrons. The van der Waals surface area contributed by atoms with E-state index in [1.54, 1.807) is 25.4 Å². The lowest BCUT2D eigenvalue weighted by atomic mass is 10.1. The summed E-state index contributed by atoms with van der Waals surface area (Å²) in [4.78, 5) is 11.8. The first-order valence-corrected chi connectivity index (χ1v) is 5.59. The zero-order valence-corrected chi connectivity index (χ0v) is 10.5. The smallest absolute Gasteiger partial charge is 0.253 e. The summed E-state index contributed by atoms with van der Waals surface area (Å²) in [5.41, 5.74) is 2.50. The van der Waals surface area contributed by atoms with Crippen molar-refractivity contribution in [2.24, 2.45) is 7.05 Å². The zero-order chi connectivity index (χ0) is 12.6. The van der Waals surface area contributed by atoms with Gasteiger partial charge in [0.25, 0.3) is 5.91 Å². The van der Waals surface area contributed by atoms with Gasteiger partial charge in [-0.2, -0.15) is 0 Å². The molecule has 1 N–H and O–H groups in total. The van der Waals surface area contributed by atoms with Crippen LogP contribution in [0, 0.1) is 0 Å². The van der Waals surface area contributed by atoms with Crippen molar-refractivity contribution in [1.29, 1.82) is 0 Å². The van der Waals surface area contributed by atoms with Gasteiger partial charge in [-0.3, -0.25) is 4.79 Å². The van der Waals surface area contributed by atoms with Crippen LogP contribution in [0.2, 0.25) is 5.02 Å². The highest BCUT2D eigenvalue weighted by Gasteiger charge is 2.15. The first kappa shape index (κ1) is 11.7. The van der Waals surface area contributed by atoms with E-state index in [9.17, 15) is 4.79 Å². The Kier molecular flexibility index (Phi) is 2.94. The van der Waals surface area contributed by atoms with Crippen molar-refractivity contribution in [3.8, 4) is 0 Å². The van der Waals surface area contributed by atoms with Crippen molar-refractivity contribution < 1.29 is 4.79 Å². The molecule has 2 aromatic rings. The summed E-state index contributed by atoms with van der Waals surface area (Å²) in [5, 5.41) is 4.07. The van der Waals surface area contributed by atoms with Crippen molar-refractivity contribution in [2.45, 2.75) is 0 Å². The number of halogens is 1. The molecule has 2 rings (SSSR count). The standard InChI is InChI=1S/C13H13ClN2O/c1-4-8-5-9(14)6-10-11(13(17)15-2)7-16(3)12(8)10/h4-7H,1H2,2-3H3,(H,15,17). The summed E-state index contributed by atoms with van der Waals surface area (Å²) in [7, 11) is 3.51. The molecule has 1 heterocycles. The topological polar surface area (TPSA) is 34.0 Å². The molecule has 4 heteroatoms. The Bertz CT molecular complexity index is 613. The summed E-state index contributed by atoms with van der Waals surface area (Å²) in [5.74, 6) is -0.118. The molecule has 0 radical (unpaired) electrons. The van der Waals surface area contributed by atoms with Crippen LogP contribution in [0.3, 0.4) is 0 Å². The number of rotatable bonds is 2. The minimum Gasteiger partial charge on any atom is -0.355 e. The van der Waals surface area contributed by atoms with E-state index < -0.39 is 0 Å². The normalized spacial score (nSPS) is 10.5. The van der Waals surface area contributed by atoms with Gasteiger partial charge in [0.15, 0.2) is 0 Å². The van der Waals surface area contributed by atoms with E-state index in [1.165, 1.54) is 0 Å². The first-order valence-electron chi connectivity index (χ1n) is 5.21. The minimum absolute atomic E-state index is 0.118. The van der Waals surface area contributed by atoms with Gasteiger partial charge in [0.2, 0.25) is 0 Å². The molecule has 3 nitrogen and oxygen atoms in total. The summed E-state index contributed by atoms with van der Waals surface area (Å²) < 4.78 is 1.91. The molecule has 1 aromatic carbocycles. The van der Waals surface area contributed by atoms with Crippen LogP contribution in [-0.2, 0) is 7.05 Å². The van der Waals surface area contributed by atoms with E-state index in [4.69, 9.17) is 11.6 Å².